The zero-order valence-corrected chi connectivity index (χ0v) is 16.5. The topological polar surface area (TPSA) is 0 Å². The third-order valence-corrected chi connectivity index (χ3v) is 3.52. The van der Waals surface area contributed by atoms with Crippen molar-refractivity contribution in [3.63, 3.8) is 0 Å². The molecular formula is C22H22Zr. The average molecular weight is 378 g/mol. The van der Waals surface area contributed by atoms with Gasteiger partial charge in [-0.2, -0.15) is 12.1 Å². The maximum Gasteiger partial charge on any atom is -0.0579 e. The molecule has 0 heterocycles. The van der Waals surface area contributed by atoms with E-state index < -0.39 is 0 Å². The van der Waals surface area contributed by atoms with E-state index in [-0.39, 0.29) is 0 Å². The molecule has 0 N–H and O–H groups in total. The van der Waals surface area contributed by atoms with Crippen molar-refractivity contribution in [3.05, 3.63) is 83.9 Å². The summed E-state index contributed by atoms with van der Waals surface area (Å²) in [6, 6.07) is 25.7. The molecule has 0 saturated heterocycles. The fraction of sp³-hybridized carbons (Fsp3) is 0.136. The standard InChI is InChI=1S/2C10H9.C2H4.Zr/c2*1-8-6-9-4-2-3-5-10(9)7-8;1-2;/h2*2-7H,1H3;1H,2H3;/q2*-1;;+2. The third kappa shape index (κ3) is 5.22. The van der Waals surface area contributed by atoms with E-state index in [0.29, 0.717) is 0 Å². The van der Waals surface area contributed by atoms with Gasteiger partial charge in [0.15, 0.2) is 0 Å². The Bertz CT molecular complexity index is 739. The summed E-state index contributed by atoms with van der Waals surface area (Å²) in [5.41, 5.74) is 2.70. The zero-order valence-electron chi connectivity index (χ0n) is 14.0. The molecule has 0 aliphatic heterocycles. The van der Waals surface area contributed by atoms with Crippen molar-refractivity contribution in [2.45, 2.75) is 20.8 Å². The molecule has 4 aromatic carbocycles. The summed E-state index contributed by atoms with van der Waals surface area (Å²) in [4.78, 5) is 0. The Kier molecular flexibility index (Phi) is 6.87. The van der Waals surface area contributed by atoms with Crippen LogP contribution in [0.15, 0.2) is 72.8 Å². The predicted octanol–water partition coefficient (Wildman–Crippen LogP) is 6.09. The Morgan fingerprint density at radius 3 is 1.43 bits per heavy atom. The maximum absolute atomic E-state index is 2.20. The molecule has 0 amide bonds. The fourth-order valence-corrected chi connectivity index (χ4v) is 2.61. The van der Waals surface area contributed by atoms with E-state index >= 15 is 0 Å². The molecule has 0 radical (unpaired) electrons. The van der Waals surface area contributed by atoms with Gasteiger partial charge in [-0.25, -0.2) is 0 Å². The Labute approximate surface area is 153 Å². The van der Waals surface area contributed by atoms with Crippen LogP contribution in [0.1, 0.15) is 18.1 Å². The van der Waals surface area contributed by atoms with E-state index in [1.807, 2.05) is 6.92 Å². The minimum absolute atomic E-state index is 1.35. The van der Waals surface area contributed by atoms with Crippen molar-refractivity contribution < 1.29 is 24.2 Å². The third-order valence-electron chi connectivity index (χ3n) is 3.52. The van der Waals surface area contributed by atoms with E-state index in [0.717, 1.165) is 0 Å². The van der Waals surface area contributed by atoms with E-state index in [1.54, 1.807) is 0 Å². The van der Waals surface area contributed by atoms with E-state index in [4.69, 9.17) is 0 Å². The molecule has 0 bridgehead atoms. The first kappa shape index (κ1) is 17.8. The number of hydrogen-bond acceptors (Lipinski definition) is 0. The molecule has 0 unspecified atom stereocenters. The predicted molar refractivity (Wildman–Crippen MR) is 100 cm³/mol. The summed E-state index contributed by atoms with van der Waals surface area (Å²) >= 11 is 1.51. The molecule has 0 aliphatic carbocycles. The van der Waals surface area contributed by atoms with Crippen LogP contribution in [0.5, 0.6) is 0 Å². The van der Waals surface area contributed by atoms with Gasteiger partial charge in [0.1, 0.15) is 0 Å². The normalized spacial score (nSPS) is 9.78. The summed E-state index contributed by atoms with van der Waals surface area (Å²) in [6.45, 7) is 6.29. The van der Waals surface area contributed by atoms with Crippen LogP contribution < -0.4 is 0 Å². The van der Waals surface area contributed by atoms with Crippen molar-refractivity contribution in [3.8, 4) is 0 Å². The summed E-state index contributed by atoms with van der Waals surface area (Å²) < 4.78 is 2.09. The zero-order chi connectivity index (χ0) is 16.7. The van der Waals surface area contributed by atoms with Gasteiger partial charge in [0, 0.05) is 0 Å². The van der Waals surface area contributed by atoms with Crippen molar-refractivity contribution in [2.24, 2.45) is 0 Å². The second kappa shape index (κ2) is 8.89. The quantitative estimate of drug-likeness (QED) is 0.325. The monoisotopic (exact) mass is 376 g/mol. The van der Waals surface area contributed by atoms with E-state index in [1.165, 1.54) is 56.9 Å². The van der Waals surface area contributed by atoms with Gasteiger partial charge >= 0.3 is 34.9 Å². The van der Waals surface area contributed by atoms with Crippen molar-refractivity contribution >= 4 is 25.3 Å². The maximum atomic E-state index is 2.20. The van der Waals surface area contributed by atoms with Crippen LogP contribution in [0.3, 0.4) is 0 Å². The molecular weight excluding hydrogens is 355 g/mol. The largest absolute Gasteiger partial charge is 0.165 e. The first-order valence-electron chi connectivity index (χ1n) is 7.83. The summed E-state index contributed by atoms with van der Waals surface area (Å²) in [6.07, 6.45) is 0. The summed E-state index contributed by atoms with van der Waals surface area (Å²) in [5, 5.41) is 5.39. The molecule has 0 aromatic heterocycles. The molecule has 1 heteroatoms. The molecule has 23 heavy (non-hydrogen) atoms. The second-order valence-electron chi connectivity index (χ2n) is 5.61. The Morgan fingerprint density at radius 2 is 1.09 bits per heavy atom. The van der Waals surface area contributed by atoms with Gasteiger partial charge < -0.3 is 0 Å². The van der Waals surface area contributed by atoms with Crippen molar-refractivity contribution in [1.29, 1.82) is 0 Å². The Balaban J connectivity index is 0.000000143. The van der Waals surface area contributed by atoms with Crippen molar-refractivity contribution in [1.82, 2.24) is 0 Å². The van der Waals surface area contributed by atoms with Crippen LogP contribution in [-0.4, -0.2) is 3.71 Å². The molecule has 0 saturated carbocycles. The van der Waals surface area contributed by atoms with Gasteiger partial charge in [-0.1, -0.05) is 26.0 Å². The molecule has 0 aliphatic rings. The SMILES string of the molecule is C[CH]=[Zr+2].Cc1cc2ccccc2[cH-]1.Cc1cc2ccccc2[cH-]1. The molecule has 0 spiro atoms. The summed E-state index contributed by atoms with van der Waals surface area (Å²) in [5.74, 6) is 0. The first-order valence-corrected chi connectivity index (χ1v) is 9.25. The van der Waals surface area contributed by atoms with Gasteiger partial charge in [0.05, 0.1) is 0 Å². The van der Waals surface area contributed by atoms with Gasteiger partial charge in [0.2, 0.25) is 0 Å². The van der Waals surface area contributed by atoms with Crippen LogP contribution in [-0.2, 0) is 24.2 Å². The second-order valence-corrected chi connectivity index (χ2v) is 7.03. The Morgan fingerprint density at radius 1 is 0.739 bits per heavy atom. The van der Waals surface area contributed by atoms with E-state index in [9.17, 15) is 0 Å². The minimum atomic E-state index is 1.35. The van der Waals surface area contributed by atoms with Crippen LogP contribution >= 0.6 is 0 Å². The molecule has 0 nitrogen and oxygen atoms in total. The van der Waals surface area contributed by atoms with Gasteiger partial charge in [-0.15, -0.1) is 81.2 Å². The average Bonchev–Trinajstić information content (AvgIpc) is 3.08. The molecule has 114 valence electrons. The Hall–Kier alpha value is -1.59. The number of hydrogen-bond donors (Lipinski definition) is 0. The van der Waals surface area contributed by atoms with Gasteiger partial charge in [0.25, 0.3) is 0 Å². The van der Waals surface area contributed by atoms with Crippen LogP contribution in [0, 0.1) is 13.8 Å². The van der Waals surface area contributed by atoms with Gasteiger partial charge in [-0.3, -0.25) is 0 Å². The number of rotatable bonds is 0. The molecule has 0 fully saturated rings. The van der Waals surface area contributed by atoms with Crippen LogP contribution in [0.4, 0.5) is 0 Å². The number of benzene rings is 2. The molecule has 0 atom stereocenters. The van der Waals surface area contributed by atoms with E-state index in [2.05, 4.69) is 90.4 Å². The first-order chi connectivity index (χ1) is 11.1. The van der Waals surface area contributed by atoms with Gasteiger partial charge in [-0.05, 0) is 0 Å². The minimum Gasteiger partial charge on any atom is -0.165 e. The van der Waals surface area contributed by atoms with Crippen LogP contribution in [0.25, 0.3) is 21.5 Å². The number of fused-ring (bicyclic) bond motifs is 2. The molecule has 4 aromatic rings. The summed E-state index contributed by atoms with van der Waals surface area (Å²) in [7, 11) is 0. The molecule has 4 rings (SSSR count). The smallest absolute Gasteiger partial charge is 0.0579 e. The number of aryl methyl sites for hydroxylation is 2. The van der Waals surface area contributed by atoms with Crippen molar-refractivity contribution in [2.75, 3.05) is 0 Å². The van der Waals surface area contributed by atoms with Crippen LogP contribution in [0.2, 0.25) is 0 Å². The fourth-order valence-electron chi connectivity index (χ4n) is 2.61.